The Hall–Kier alpha value is -1.52. The van der Waals surface area contributed by atoms with Crippen molar-refractivity contribution in [2.24, 2.45) is 5.92 Å². The maximum atomic E-state index is 11.6. The molecule has 0 aromatic heterocycles. The first-order chi connectivity index (χ1) is 7.65. The number of carbonyl (C=O) groups is 2. The lowest BCUT2D eigenvalue weighted by Crippen LogP contribution is -2.41. The standard InChI is InChI=1S/C11H15NO4/c1-16-11(15)12-8-5-3-2-4-7(8)6-9(12)10(13)14/h6-8H,2-5H2,1H3,(H,13,14)/t7?,8-/m0/s1. The van der Waals surface area contributed by atoms with Crippen molar-refractivity contribution in [1.29, 1.82) is 0 Å². The fourth-order valence-corrected chi connectivity index (χ4v) is 2.62. The number of amides is 1. The summed E-state index contributed by atoms with van der Waals surface area (Å²) in [6.45, 7) is 0. The van der Waals surface area contributed by atoms with Crippen LogP contribution in [0.2, 0.25) is 0 Å². The highest BCUT2D eigenvalue weighted by Gasteiger charge is 2.42. The van der Waals surface area contributed by atoms with Gasteiger partial charge < -0.3 is 9.84 Å². The van der Waals surface area contributed by atoms with Gasteiger partial charge in [-0.2, -0.15) is 0 Å². The van der Waals surface area contributed by atoms with E-state index >= 15 is 0 Å². The van der Waals surface area contributed by atoms with E-state index in [9.17, 15) is 9.59 Å². The Morgan fingerprint density at radius 3 is 2.75 bits per heavy atom. The average molecular weight is 225 g/mol. The first-order valence-electron chi connectivity index (χ1n) is 5.47. The van der Waals surface area contributed by atoms with Crippen LogP contribution in [0.5, 0.6) is 0 Å². The van der Waals surface area contributed by atoms with Crippen LogP contribution in [0.25, 0.3) is 0 Å². The maximum absolute atomic E-state index is 11.6. The molecule has 0 bridgehead atoms. The summed E-state index contributed by atoms with van der Waals surface area (Å²) in [5, 5.41) is 9.06. The van der Waals surface area contributed by atoms with Crippen LogP contribution in [0.1, 0.15) is 25.7 Å². The molecule has 1 aliphatic carbocycles. The minimum absolute atomic E-state index is 0.0210. The van der Waals surface area contributed by atoms with Gasteiger partial charge in [0.15, 0.2) is 0 Å². The summed E-state index contributed by atoms with van der Waals surface area (Å²) in [5.74, 6) is -0.876. The average Bonchev–Trinajstić information content (AvgIpc) is 2.67. The highest BCUT2D eigenvalue weighted by molar-refractivity contribution is 5.92. The van der Waals surface area contributed by atoms with Crippen LogP contribution in [0.4, 0.5) is 4.79 Å². The largest absolute Gasteiger partial charge is 0.477 e. The van der Waals surface area contributed by atoms with Gasteiger partial charge in [0.05, 0.1) is 7.11 Å². The number of carboxylic acids is 1. The van der Waals surface area contributed by atoms with E-state index in [-0.39, 0.29) is 17.7 Å². The van der Waals surface area contributed by atoms with Gasteiger partial charge in [-0.3, -0.25) is 4.90 Å². The first-order valence-corrected chi connectivity index (χ1v) is 5.47. The summed E-state index contributed by atoms with van der Waals surface area (Å²) in [5.41, 5.74) is 0.0729. The number of hydrogen-bond donors (Lipinski definition) is 1. The molecule has 1 heterocycles. The highest BCUT2D eigenvalue weighted by Crippen LogP contribution is 2.37. The Kier molecular flexibility index (Phi) is 2.85. The molecule has 16 heavy (non-hydrogen) atoms. The van der Waals surface area contributed by atoms with Crippen LogP contribution in [-0.4, -0.2) is 35.2 Å². The SMILES string of the molecule is COC(=O)N1C(C(=O)O)=CC2CCCC[C@@H]21. The van der Waals surface area contributed by atoms with E-state index in [1.165, 1.54) is 12.0 Å². The molecule has 2 rings (SSSR count). The van der Waals surface area contributed by atoms with Gasteiger partial charge in [-0.15, -0.1) is 0 Å². The summed E-state index contributed by atoms with van der Waals surface area (Å²) in [6, 6.07) is -0.0210. The van der Waals surface area contributed by atoms with Crippen molar-refractivity contribution in [2.45, 2.75) is 31.7 Å². The van der Waals surface area contributed by atoms with Crippen molar-refractivity contribution < 1.29 is 19.4 Å². The molecule has 5 heteroatoms. The lowest BCUT2D eigenvalue weighted by molar-refractivity contribution is -0.134. The molecule has 2 aliphatic rings. The number of methoxy groups -OCH3 is 1. The van der Waals surface area contributed by atoms with Gasteiger partial charge in [-0.25, -0.2) is 9.59 Å². The quantitative estimate of drug-likeness (QED) is 0.736. The van der Waals surface area contributed by atoms with E-state index < -0.39 is 12.1 Å². The number of fused-ring (bicyclic) bond motifs is 1. The highest BCUT2D eigenvalue weighted by atomic mass is 16.5. The van der Waals surface area contributed by atoms with E-state index in [1.54, 1.807) is 6.08 Å². The Balaban J connectivity index is 2.28. The third-order valence-corrected chi connectivity index (χ3v) is 3.34. The molecule has 0 spiro atoms. The molecular weight excluding hydrogens is 210 g/mol. The van der Waals surface area contributed by atoms with Crippen molar-refractivity contribution in [3.05, 3.63) is 11.8 Å². The van der Waals surface area contributed by atoms with Crippen LogP contribution in [-0.2, 0) is 9.53 Å². The molecule has 1 N–H and O–H groups in total. The van der Waals surface area contributed by atoms with Gasteiger partial charge >= 0.3 is 12.1 Å². The fourth-order valence-electron chi connectivity index (χ4n) is 2.62. The molecule has 1 fully saturated rings. The number of carboxylic acid groups (broad SMARTS) is 1. The number of hydrogen-bond acceptors (Lipinski definition) is 3. The van der Waals surface area contributed by atoms with E-state index in [2.05, 4.69) is 4.74 Å². The summed E-state index contributed by atoms with van der Waals surface area (Å²) in [4.78, 5) is 23.9. The maximum Gasteiger partial charge on any atom is 0.414 e. The monoisotopic (exact) mass is 225 g/mol. The normalized spacial score (nSPS) is 28.3. The molecule has 2 atom stereocenters. The number of carbonyl (C=O) groups excluding carboxylic acids is 1. The molecule has 1 aliphatic heterocycles. The number of rotatable bonds is 1. The number of ether oxygens (including phenoxy) is 1. The Labute approximate surface area is 93.7 Å². The number of aliphatic carboxylic acids is 1. The minimum Gasteiger partial charge on any atom is -0.477 e. The lowest BCUT2D eigenvalue weighted by Gasteiger charge is -2.31. The summed E-state index contributed by atoms with van der Waals surface area (Å²) < 4.78 is 4.65. The van der Waals surface area contributed by atoms with Crippen molar-refractivity contribution in [2.75, 3.05) is 7.11 Å². The summed E-state index contributed by atoms with van der Waals surface area (Å²) in [6.07, 6.45) is 5.07. The summed E-state index contributed by atoms with van der Waals surface area (Å²) >= 11 is 0. The Morgan fingerprint density at radius 1 is 1.44 bits per heavy atom. The summed E-state index contributed by atoms with van der Waals surface area (Å²) in [7, 11) is 1.28. The van der Waals surface area contributed by atoms with Crippen molar-refractivity contribution >= 4 is 12.1 Å². The predicted molar refractivity (Wildman–Crippen MR) is 55.7 cm³/mol. The lowest BCUT2D eigenvalue weighted by atomic mass is 9.86. The van der Waals surface area contributed by atoms with Crippen LogP contribution in [0.3, 0.4) is 0 Å². The Bertz CT molecular complexity index is 350. The zero-order chi connectivity index (χ0) is 11.7. The molecule has 1 amide bonds. The van der Waals surface area contributed by atoms with Crippen LogP contribution in [0, 0.1) is 5.92 Å². The molecule has 0 saturated heterocycles. The molecule has 0 aromatic rings. The third-order valence-electron chi connectivity index (χ3n) is 3.34. The second-order valence-electron chi connectivity index (χ2n) is 4.21. The van der Waals surface area contributed by atoms with Gasteiger partial charge in [-0.05, 0) is 18.9 Å². The molecule has 0 aromatic carbocycles. The van der Waals surface area contributed by atoms with Gasteiger partial charge in [-0.1, -0.05) is 12.8 Å². The first kappa shape index (κ1) is 11.0. The Morgan fingerprint density at radius 2 is 2.12 bits per heavy atom. The smallest absolute Gasteiger partial charge is 0.414 e. The van der Waals surface area contributed by atoms with E-state index in [0.717, 1.165) is 25.7 Å². The van der Waals surface area contributed by atoms with Crippen molar-refractivity contribution in [1.82, 2.24) is 4.90 Å². The molecule has 88 valence electrons. The topological polar surface area (TPSA) is 66.8 Å². The van der Waals surface area contributed by atoms with Gasteiger partial charge in [0.2, 0.25) is 0 Å². The van der Waals surface area contributed by atoms with Crippen molar-refractivity contribution in [3.63, 3.8) is 0 Å². The molecule has 5 nitrogen and oxygen atoms in total. The second kappa shape index (κ2) is 4.15. The van der Waals surface area contributed by atoms with Crippen molar-refractivity contribution in [3.8, 4) is 0 Å². The molecule has 1 saturated carbocycles. The van der Waals surface area contributed by atoms with E-state index in [0.29, 0.717) is 0 Å². The second-order valence-corrected chi connectivity index (χ2v) is 4.21. The van der Waals surface area contributed by atoms with E-state index in [4.69, 9.17) is 5.11 Å². The molecule has 1 unspecified atom stereocenters. The molecule has 0 radical (unpaired) electrons. The van der Waals surface area contributed by atoms with Gasteiger partial charge in [0.25, 0.3) is 0 Å². The van der Waals surface area contributed by atoms with Crippen LogP contribution >= 0.6 is 0 Å². The minimum atomic E-state index is -1.06. The van der Waals surface area contributed by atoms with Crippen LogP contribution < -0.4 is 0 Å². The third kappa shape index (κ3) is 1.66. The fraction of sp³-hybridized carbons (Fsp3) is 0.636. The number of nitrogens with zero attached hydrogens (tertiary/aromatic N) is 1. The van der Waals surface area contributed by atoms with Gasteiger partial charge in [0, 0.05) is 12.0 Å². The van der Waals surface area contributed by atoms with Crippen LogP contribution in [0.15, 0.2) is 11.8 Å². The molecular formula is C11H15NO4. The zero-order valence-corrected chi connectivity index (χ0v) is 9.18. The zero-order valence-electron chi connectivity index (χ0n) is 9.18. The van der Waals surface area contributed by atoms with E-state index in [1.807, 2.05) is 0 Å². The predicted octanol–water partition coefficient (Wildman–Crippen LogP) is 1.60. The van der Waals surface area contributed by atoms with Gasteiger partial charge in [0.1, 0.15) is 5.70 Å².